The van der Waals surface area contributed by atoms with Crippen LogP contribution in [0.2, 0.25) is 0 Å². The number of halogens is 4. The lowest BCUT2D eigenvalue weighted by molar-refractivity contribution is -0.275. The van der Waals surface area contributed by atoms with Crippen molar-refractivity contribution in [1.82, 2.24) is 14.3 Å². The van der Waals surface area contributed by atoms with E-state index in [0.717, 1.165) is 18.2 Å². The number of ether oxygens (including phenoxy) is 1. The number of rotatable bonds is 6. The molecule has 1 aromatic heterocycles. The number of imidazole rings is 1. The summed E-state index contributed by atoms with van der Waals surface area (Å²) in [5.74, 6) is -1.47. The molecule has 0 unspecified atom stereocenters. The second-order valence-corrected chi connectivity index (χ2v) is 7.31. The maximum Gasteiger partial charge on any atom is 0.573 e. The van der Waals surface area contributed by atoms with Crippen LogP contribution in [0, 0.1) is 5.82 Å². The standard InChI is InChI=1S/C17H13F4N3O3S/c18-13-9-12(5-6-14(13)24-8-7-22-11-24)10-23-28(25,26)16-4-2-1-3-15(16)27-17(19,20)21/h1-9,11,23H,10H2. The van der Waals surface area contributed by atoms with Gasteiger partial charge in [0.15, 0.2) is 0 Å². The number of hydrogen-bond donors (Lipinski definition) is 1. The van der Waals surface area contributed by atoms with Crippen LogP contribution in [0.5, 0.6) is 5.75 Å². The molecule has 0 fully saturated rings. The van der Waals surface area contributed by atoms with E-state index in [1.165, 1.54) is 41.4 Å². The molecule has 0 amide bonds. The van der Waals surface area contributed by atoms with E-state index in [2.05, 4.69) is 14.4 Å². The molecule has 1 N–H and O–H groups in total. The van der Waals surface area contributed by atoms with Gasteiger partial charge in [-0.15, -0.1) is 13.2 Å². The van der Waals surface area contributed by atoms with Crippen molar-refractivity contribution in [2.24, 2.45) is 0 Å². The van der Waals surface area contributed by atoms with Gasteiger partial charge < -0.3 is 9.30 Å². The minimum Gasteiger partial charge on any atom is -0.404 e. The van der Waals surface area contributed by atoms with Crippen molar-refractivity contribution >= 4 is 10.0 Å². The third-order valence-corrected chi connectivity index (χ3v) is 5.07. The van der Waals surface area contributed by atoms with Crippen molar-refractivity contribution in [2.45, 2.75) is 17.8 Å². The molecule has 0 atom stereocenters. The molecule has 3 rings (SSSR count). The molecule has 0 saturated carbocycles. The molecular weight excluding hydrogens is 402 g/mol. The Morgan fingerprint density at radius 2 is 1.89 bits per heavy atom. The predicted octanol–water partition coefficient (Wildman–Crippen LogP) is 3.39. The van der Waals surface area contributed by atoms with Gasteiger partial charge in [0.1, 0.15) is 16.5 Å². The van der Waals surface area contributed by atoms with Gasteiger partial charge in [0.25, 0.3) is 0 Å². The van der Waals surface area contributed by atoms with Crippen LogP contribution in [0.3, 0.4) is 0 Å². The fourth-order valence-electron chi connectivity index (χ4n) is 2.41. The lowest BCUT2D eigenvalue weighted by Gasteiger charge is -2.14. The molecule has 0 aliphatic rings. The van der Waals surface area contributed by atoms with E-state index < -0.39 is 32.8 Å². The summed E-state index contributed by atoms with van der Waals surface area (Å²) >= 11 is 0. The zero-order valence-corrected chi connectivity index (χ0v) is 14.8. The summed E-state index contributed by atoms with van der Waals surface area (Å²) in [7, 11) is -4.34. The SMILES string of the molecule is O=S(=O)(NCc1ccc(-n2ccnc2)c(F)c1)c1ccccc1OC(F)(F)F. The number of hydrogen-bond acceptors (Lipinski definition) is 4. The van der Waals surface area contributed by atoms with E-state index in [4.69, 9.17) is 0 Å². The van der Waals surface area contributed by atoms with Gasteiger partial charge in [-0.1, -0.05) is 18.2 Å². The molecule has 11 heteroatoms. The van der Waals surface area contributed by atoms with Crippen molar-refractivity contribution in [1.29, 1.82) is 0 Å². The average molecular weight is 415 g/mol. The second kappa shape index (κ2) is 7.60. The molecule has 0 radical (unpaired) electrons. The topological polar surface area (TPSA) is 73.2 Å². The molecule has 3 aromatic rings. The number of sulfonamides is 1. The monoisotopic (exact) mass is 415 g/mol. The zero-order chi connectivity index (χ0) is 20.4. The highest BCUT2D eigenvalue weighted by Gasteiger charge is 2.33. The Kier molecular flexibility index (Phi) is 5.38. The predicted molar refractivity (Wildman–Crippen MR) is 90.7 cm³/mol. The van der Waals surface area contributed by atoms with E-state index in [9.17, 15) is 26.0 Å². The van der Waals surface area contributed by atoms with E-state index in [1.807, 2.05) is 0 Å². The largest absolute Gasteiger partial charge is 0.573 e. The Bertz CT molecular complexity index is 1070. The lowest BCUT2D eigenvalue weighted by Crippen LogP contribution is -2.25. The number of nitrogens with one attached hydrogen (secondary N) is 1. The van der Waals surface area contributed by atoms with Gasteiger partial charge in [0, 0.05) is 18.9 Å². The van der Waals surface area contributed by atoms with Crippen LogP contribution in [-0.4, -0.2) is 24.3 Å². The number of nitrogens with zero attached hydrogens (tertiary/aromatic N) is 2. The van der Waals surface area contributed by atoms with E-state index in [-0.39, 0.29) is 17.8 Å². The fourth-order valence-corrected chi connectivity index (χ4v) is 3.55. The van der Waals surface area contributed by atoms with E-state index in [1.54, 1.807) is 6.20 Å². The molecule has 0 bridgehead atoms. The third kappa shape index (κ3) is 4.67. The number of benzene rings is 2. The quantitative estimate of drug-likeness (QED) is 0.627. The third-order valence-electron chi connectivity index (χ3n) is 3.63. The van der Waals surface area contributed by atoms with E-state index in [0.29, 0.717) is 0 Å². The number of para-hydroxylation sites is 1. The Balaban J connectivity index is 1.78. The summed E-state index contributed by atoms with van der Waals surface area (Å²) in [6.07, 6.45) is -0.628. The van der Waals surface area contributed by atoms with Crippen LogP contribution in [0.25, 0.3) is 5.69 Å². The normalized spacial score (nSPS) is 12.1. The number of aromatic nitrogens is 2. The fraction of sp³-hybridized carbons (Fsp3) is 0.118. The molecule has 0 spiro atoms. The molecular formula is C17H13F4N3O3S. The van der Waals surface area contributed by atoms with Gasteiger partial charge in [-0.2, -0.15) is 0 Å². The smallest absolute Gasteiger partial charge is 0.404 e. The average Bonchev–Trinajstić information content (AvgIpc) is 3.13. The lowest BCUT2D eigenvalue weighted by atomic mass is 10.2. The van der Waals surface area contributed by atoms with Crippen molar-refractivity contribution in [3.8, 4) is 11.4 Å². The van der Waals surface area contributed by atoms with Crippen LogP contribution in [0.15, 0.2) is 66.1 Å². The summed E-state index contributed by atoms with van der Waals surface area (Å²) in [5, 5.41) is 0. The Morgan fingerprint density at radius 1 is 1.14 bits per heavy atom. The first-order valence-corrected chi connectivity index (χ1v) is 9.25. The maximum atomic E-state index is 14.2. The maximum absolute atomic E-state index is 14.2. The van der Waals surface area contributed by atoms with Gasteiger partial charge >= 0.3 is 6.36 Å². The second-order valence-electron chi connectivity index (χ2n) is 5.57. The van der Waals surface area contributed by atoms with Gasteiger partial charge in [0.05, 0.1) is 12.0 Å². The first-order chi connectivity index (χ1) is 13.2. The molecule has 28 heavy (non-hydrogen) atoms. The van der Waals surface area contributed by atoms with Crippen molar-refractivity contribution in [2.75, 3.05) is 0 Å². The van der Waals surface area contributed by atoms with Crippen LogP contribution < -0.4 is 9.46 Å². The van der Waals surface area contributed by atoms with Crippen molar-refractivity contribution < 1.29 is 30.7 Å². The Labute approximate surface area is 157 Å². The highest BCUT2D eigenvalue weighted by Crippen LogP contribution is 2.29. The summed E-state index contributed by atoms with van der Waals surface area (Å²) in [5.41, 5.74) is 0.493. The molecule has 148 valence electrons. The molecule has 2 aromatic carbocycles. The Morgan fingerprint density at radius 3 is 2.54 bits per heavy atom. The van der Waals surface area contributed by atoms with E-state index >= 15 is 0 Å². The van der Waals surface area contributed by atoms with Gasteiger partial charge in [0.2, 0.25) is 10.0 Å². The number of alkyl halides is 3. The molecule has 0 aliphatic carbocycles. The van der Waals surface area contributed by atoms with Gasteiger partial charge in [-0.3, -0.25) is 0 Å². The molecule has 0 aliphatic heterocycles. The van der Waals surface area contributed by atoms with Crippen LogP contribution >= 0.6 is 0 Å². The first-order valence-electron chi connectivity index (χ1n) is 7.77. The summed E-state index contributed by atoms with van der Waals surface area (Å²) in [6, 6.07) is 8.38. The van der Waals surface area contributed by atoms with Crippen LogP contribution in [-0.2, 0) is 16.6 Å². The zero-order valence-electron chi connectivity index (χ0n) is 14.0. The van der Waals surface area contributed by atoms with Crippen LogP contribution in [0.4, 0.5) is 17.6 Å². The summed E-state index contributed by atoms with van der Waals surface area (Å²) in [6.45, 7) is -0.330. The van der Waals surface area contributed by atoms with Crippen molar-refractivity contribution in [3.05, 3.63) is 72.6 Å². The highest BCUT2D eigenvalue weighted by atomic mass is 32.2. The van der Waals surface area contributed by atoms with Gasteiger partial charge in [-0.05, 0) is 29.8 Å². The van der Waals surface area contributed by atoms with Gasteiger partial charge in [-0.25, -0.2) is 22.5 Å². The molecule has 0 saturated heterocycles. The highest BCUT2D eigenvalue weighted by molar-refractivity contribution is 7.89. The molecule has 1 heterocycles. The summed E-state index contributed by atoms with van der Waals surface area (Å²) in [4.78, 5) is 3.13. The molecule has 6 nitrogen and oxygen atoms in total. The minimum atomic E-state index is -5.04. The minimum absolute atomic E-state index is 0.216. The first kappa shape index (κ1) is 19.8. The van der Waals surface area contributed by atoms with Crippen LogP contribution in [0.1, 0.15) is 5.56 Å². The summed E-state index contributed by atoms with van der Waals surface area (Å²) < 4.78 is 83.8. The Hall–Kier alpha value is -2.92. The van der Waals surface area contributed by atoms with Crippen molar-refractivity contribution in [3.63, 3.8) is 0 Å².